The van der Waals surface area contributed by atoms with E-state index in [1.807, 2.05) is 30.3 Å². The first-order chi connectivity index (χ1) is 15.8. The van der Waals surface area contributed by atoms with Crippen molar-refractivity contribution in [1.29, 1.82) is 0 Å². The Balaban J connectivity index is 1.61. The van der Waals surface area contributed by atoms with Crippen LogP contribution in [0.3, 0.4) is 0 Å². The fourth-order valence-corrected chi connectivity index (χ4v) is 5.86. The summed E-state index contributed by atoms with van der Waals surface area (Å²) in [5.41, 5.74) is 1.12. The van der Waals surface area contributed by atoms with Crippen molar-refractivity contribution < 1.29 is 22.0 Å². The summed E-state index contributed by atoms with van der Waals surface area (Å²) in [6.07, 6.45) is 0.645. The highest BCUT2D eigenvalue weighted by atomic mass is 32.2. The summed E-state index contributed by atoms with van der Waals surface area (Å²) >= 11 is 0. The Kier molecular flexibility index (Phi) is 8.56. The highest BCUT2D eigenvalue weighted by Crippen LogP contribution is 2.26. The molecule has 6 nitrogen and oxygen atoms in total. The maximum atomic E-state index is 14.0. The summed E-state index contributed by atoms with van der Waals surface area (Å²) in [6, 6.07) is 12.4. The van der Waals surface area contributed by atoms with Crippen LogP contribution in [0.25, 0.3) is 0 Å². The van der Waals surface area contributed by atoms with Gasteiger partial charge in [0.1, 0.15) is 16.5 Å². The van der Waals surface area contributed by atoms with Gasteiger partial charge in [-0.2, -0.15) is 4.31 Å². The molecule has 180 valence electrons. The molecule has 1 N–H and O–H groups in total. The van der Waals surface area contributed by atoms with Crippen LogP contribution in [0.2, 0.25) is 0 Å². The summed E-state index contributed by atoms with van der Waals surface area (Å²) in [5, 5.41) is 3.04. The molecule has 0 saturated carbocycles. The molecular formula is C24H31F2N3O3S. The second kappa shape index (κ2) is 11.2. The molecule has 9 heteroatoms. The molecule has 33 heavy (non-hydrogen) atoms. The molecule has 1 atom stereocenters. The van der Waals surface area contributed by atoms with Crippen molar-refractivity contribution in [3.63, 3.8) is 0 Å². The van der Waals surface area contributed by atoms with Gasteiger partial charge in [0, 0.05) is 25.6 Å². The number of halogens is 2. The third-order valence-corrected chi connectivity index (χ3v) is 8.16. The molecule has 1 heterocycles. The Morgan fingerprint density at radius 2 is 1.73 bits per heavy atom. The van der Waals surface area contributed by atoms with E-state index in [0.29, 0.717) is 25.5 Å². The normalized spacial score (nSPS) is 16.6. The smallest absolute Gasteiger partial charge is 0.246 e. The van der Waals surface area contributed by atoms with Crippen LogP contribution in [-0.4, -0.2) is 56.3 Å². The minimum Gasteiger partial charge on any atom is -0.354 e. The molecule has 0 bridgehead atoms. The number of likely N-dealkylation sites (N-methyl/N-ethyl adjacent to an activating group) is 1. The van der Waals surface area contributed by atoms with E-state index in [1.54, 1.807) is 0 Å². The van der Waals surface area contributed by atoms with E-state index in [2.05, 4.69) is 24.1 Å². The zero-order chi connectivity index (χ0) is 24.0. The molecule has 0 spiro atoms. The molecule has 1 saturated heterocycles. The van der Waals surface area contributed by atoms with E-state index in [0.717, 1.165) is 35.1 Å². The van der Waals surface area contributed by atoms with Crippen LogP contribution in [0.1, 0.15) is 38.3 Å². The summed E-state index contributed by atoms with van der Waals surface area (Å²) in [6.45, 7) is 6.47. The first-order valence-corrected chi connectivity index (χ1v) is 12.7. The zero-order valence-electron chi connectivity index (χ0n) is 19.0. The molecule has 0 aromatic heterocycles. The van der Waals surface area contributed by atoms with Crippen molar-refractivity contribution >= 4 is 15.9 Å². The minimum absolute atomic E-state index is 0.0431. The summed E-state index contributed by atoms with van der Waals surface area (Å²) in [7, 11) is -4.16. The first-order valence-electron chi connectivity index (χ1n) is 11.3. The average Bonchev–Trinajstić information content (AvgIpc) is 2.83. The number of carbonyl (C=O) groups is 1. The maximum Gasteiger partial charge on any atom is 0.246 e. The van der Waals surface area contributed by atoms with Crippen molar-refractivity contribution in [2.45, 2.75) is 37.6 Å². The Morgan fingerprint density at radius 1 is 1.09 bits per heavy atom. The lowest BCUT2D eigenvalue weighted by molar-refractivity contribution is -0.126. The summed E-state index contributed by atoms with van der Waals surface area (Å²) < 4.78 is 54.2. The van der Waals surface area contributed by atoms with Crippen molar-refractivity contribution in [3.8, 4) is 0 Å². The van der Waals surface area contributed by atoms with Crippen LogP contribution < -0.4 is 5.32 Å². The molecule has 0 unspecified atom stereocenters. The summed E-state index contributed by atoms with van der Waals surface area (Å²) in [4.78, 5) is 14.5. The van der Waals surface area contributed by atoms with Gasteiger partial charge in [-0.25, -0.2) is 17.2 Å². The molecule has 1 aliphatic rings. The van der Waals surface area contributed by atoms with Crippen molar-refractivity contribution in [2.75, 3.05) is 32.7 Å². The van der Waals surface area contributed by atoms with Gasteiger partial charge in [-0.3, -0.25) is 9.69 Å². The lowest BCUT2D eigenvalue weighted by Gasteiger charge is -2.33. The lowest BCUT2D eigenvalue weighted by Crippen LogP contribution is -2.45. The predicted molar refractivity (Wildman–Crippen MR) is 123 cm³/mol. The van der Waals surface area contributed by atoms with Gasteiger partial charge >= 0.3 is 0 Å². The fourth-order valence-electron chi connectivity index (χ4n) is 4.31. The van der Waals surface area contributed by atoms with Gasteiger partial charge in [-0.15, -0.1) is 0 Å². The Morgan fingerprint density at radius 3 is 2.33 bits per heavy atom. The molecule has 0 radical (unpaired) electrons. The molecule has 2 aromatic carbocycles. The number of benzene rings is 2. The second-order valence-electron chi connectivity index (χ2n) is 8.15. The van der Waals surface area contributed by atoms with Crippen LogP contribution in [0.4, 0.5) is 8.78 Å². The van der Waals surface area contributed by atoms with Gasteiger partial charge in [-0.05, 0) is 49.7 Å². The number of rotatable bonds is 9. The third kappa shape index (κ3) is 5.96. The first kappa shape index (κ1) is 25.3. The van der Waals surface area contributed by atoms with Crippen molar-refractivity contribution in [1.82, 2.24) is 14.5 Å². The monoisotopic (exact) mass is 479 g/mol. The molecule has 1 aliphatic heterocycles. The highest BCUT2D eigenvalue weighted by molar-refractivity contribution is 7.89. The number of hydrogen-bond donors (Lipinski definition) is 1. The zero-order valence-corrected chi connectivity index (χ0v) is 19.8. The Labute approximate surface area is 194 Å². The molecule has 0 aliphatic carbocycles. The van der Waals surface area contributed by atoms with Gasteiger partial charge in [0.2, 0.25) is 15.9 Å². The fraction of sp³-hybridized carbons (Fsp3) is 0.458. The van der Waals surface area contributed by atoms with Crippen LogP contribution in [0.15, 0.2) is 53.4 Å². The summed E-state index contributed by atoms with van der Waals surface area (Å²) in [5.74, 6) is -2.25. The molecule has 1 amide bonds. The number of amides is 1. The van der Waals surface area contributed by atoms with E-state index < -0.39 is 26.6 Å². The van der Waals surface area contributed by atoms with E-state index in [1.165, 1.54) is 0 Å². The molecular weight excluding hydrogens is 448 g/mol. The van der Waals surface area contributed by atoms with E-state index in [-0.39, 0.29) is 31.0 Å². The number of carbonyl (C=O) groups excluding carboxylic acids is 1. The largest absolute Gasteiger partial charge is 0.354 e. The molecule has 1 fully saturated rings. The standard InChI is InChI=1S/C24H31F2N3O3S/c1-3-28(4-2)22(18-8-6-5-7-9-18)17-27-24(30)19-12-14-29(15-13-19)33(31,32)23-16-20(25)10-11-21(23)26/h5-11,16,19,22H,3-4,12-15,17H2,1-2H3,(H,27,30)/t22-/m1/s1. The predicted octanol–water partition coefficient (Wildman–Crippen LogP) is 3.56. The maximum absolute atomic E-state index is 14.0. The lowest BCUT2D eigenvalue weighted by atomic mass is 9.97. The molecule has 3 rings (SSSR count). The van der Waals surface area contributed by atoms with Gasteiger partial charge in [0.25, 0.3) is 0 Å². The number of piperidine rings is 1. The van der Waals surface area contributed by atoms with Gasteiger partial charge in [0.15, 0.2) is 0 Å². The topological polar surface area (TPSA) is 69.7 Å². The van der Waals surface area contributed by atoms with Crippen molar-refractivity contribution in [3.05, 3.63) is 65.7 Å². The minimum atomic E-state index is -4.16. The Bertz CT molecular complexity index is 1040. The Hall–Kier alpha value is -2.36. The van der Waals surface area contributed by atoms with Crippen LogP contribution in [0.5, 0.6) is 0 Å². The van der Waals surface area contributed by atoms with Gasteiger partial charge in [-0.1, -0.05) is 44.2 Å². The third-order valence-electron chi connectivity index (χ3n) is 6.24. The van der Waals surface area contributed by atoms with Crippen LogP contribution in [0, 0.1) is 17.6 Å². The quantitative estimate of drug-likeness (QED) is 0.597. The number of hydrogen-bond acceptors (Lipinski definition) is 4. The SMILES string of the molecule is CCN(CC)[C@H](CNC(=O)C1CCN(S(=O)(=O)c2cc(F)ccc2F)CC1)c1ccccc1. The number of nitrogens with zero attached hydrogens (tertiary/aromatic N) is 2. The highest BCUT2D eigenvalue weighted by Gasteiger charge is 2.34. The second-order valence-corrected chi connectivity index (χ2v) is 10.1. The van der Waals surface area contributed by atoms with Gasteiger partial charge < -0.3 is 5.32 Å². The van der Waals surface area contributed by atoms with E-state index in [9.17, 15) is 22.0 Å². The molecule has 2 aromatic rings. The van der Waals surface area contributed by atoms with E-state index in [4.69, 9.17) is 0 Å². The van der Waals surface area contributed by atoms with Crippen LogP contribution >= 0.6 is 0 Å². The number of nitrogens with one attached hydrogen (secondary N) is 1. The average molecular weight is 480 g/mol. The van der Waals surface area contributed by atoms with Crippen LogP contribution in [-0.2, 0) is 14.8 Å². The van der Waals surface area contributed by atoms with Gasteiger partial charge in [0.05, 0.1) is 6.04 Å². The van der Waals surface area contributed by atoms with Crippen molar-refractivity contribution in [2.24, 2.45) is 5.92 Å². The number of sulfonamides is 1. The van der Waals surface area contributed by atoms with E-state index >= 15 is 0 Å².